The lowest BCUT2D eigenvalue weighted by molar-refractivity contribution is 0.591. The Morgan fingerprint density at radius 3 is 2.56 bits per heavy atom. The van der Waals surface area contributed by atoms with E-state index in [0.717, 1.165) is 24.6 Å². The van der Waals surface area contributed by atoms with Crippen LogP contribution in [0.25, 0.3) is 10.9 Å². The first-order valence-corrected chi connectivity index (χ1v) is 6.48. The van der Waals surface area contributed by atoms with Gasteiger partial charge in [0, 0.05) is 23.7 Å². The zero-order valence-corrected chi connectivity index (χ0v) is 10.5. The topological polar surface area (TPSA) is 12.9 Å². The molecule has 1 aliphatic rings. The van der Waals surface area contributed by atoms with Crippen molar-refractivity contribution in [1.82, 2.24) is 4.98 Å². The second-order valence-corrected chi connectivity index (χ2v) is 5.20. The second-order valence-electron chi connectivity index (χ2n) is 4.79. The van der Waals surface area contributed by atoms with Crippen LogP contribution in [0.15, 0.2) is 18.2 Å². The number of hydrogen-bond acceptors (Lipinski definition) is 1. The summed E-state index contributed by atoms with van der Waals surface area (Å²) in [6.07, 6.45) is 4.51. The average Bonchev–Trinajstić information content (AvgIpc) is 2.80. The molecule has 0 aliphatic heterocycles. The monoisotopic (exact) mass is 267 g/mol. The van der Waals surface area contributed by atoms with Gasteiger partial charge in [0.05, 0.1) is 15.9 Å². The lowest BCUT2D eigenvalue weighted by Gasteiger charge is -2.11. The van der Waals surface area contributed by atoms with Crippen molar-refractivity contribution in [2.75, 3.05) is 0 Å². The van der Waals surface area contributed by atoms with Crippen molar-refractivity contribution in [3.8, 4) is 0 Å². The molecule has 1 fully saturated rings. The molecule has 4 heteroatoms. The van der Waals surface area contributed by atoms with Crippen molar-refractivity contribution in [1.29, 1.82) is 0 Å². The molecule has 2 aromatic rings. The van der Waals surface area contributed by atoms with Crippen molar-refractivity contribution in [2.24, 2.45) is 0 Å². The quantitative estimate of drug-likeness (QED) is 0.721. The van der Waals surface area contributed by atoms with Gasteiger partial charge in [0.15, 0.2) is 0 Å². The van der Waals surface area contributed by atoms with E-state index in [-0.39, 0.29) is 5.39 Å². The van der Waals surface area contributed by atoms with Gasteiger partial charge in [-0.3, -0.25) is 4.98 Å². The van der Waals surface area contributed by atoms with Crippen LogP contribution in [0.1, 0.15) is 37.3 Å². The number of fused-ring (bicyclic) bond motifs is 1. The average molecular weight is 268 g/mol. The number of aromatic nitrogens is 1. The lowest BCUT2D eigenvalue weighted by atomic mass is 10.0. The third-order valence-corrected chi connectivity index (χ3v) is 3.87. The summed E-state index contributed by atoms with van der Waals surface area (Å²) in [5.41, 5.74) is 1.16. The standard InChI is InChI=1S/C14H12ClF2N/c15-10-7-12(8-3-1-2-4-8)18-13-6-9(16)5-11(17)14(10)13/h5-8H,1-4H2. The molecule has 1 heterocycles. The number of pyridine rings is 1. The minimum Gasteiger partial charge on any atom is -0.252 e. The number of benzene rings is 1. The molecule has 0 bridgehead atoms. The van der Waals surface area contributed by atoms with E-state index in [1.54, 1.807) is 6.07 Å². The summed E-state index contributed by atoms with van der Waals surface area (Å²) in [5.74, 6) is -0.897. The molecule has 0 radical (unpaired) electrons. The van der Waals surface area contributed by atoms with Crippen molar-refractivity contribution in [3.63, 3.8) is 0 Å². The van der Waals surface area contributed by atoms with Gasteiger partial charge >= 0.3 is 0 Å². The first-order chi connectivity index (χ1) is 8.65. The summed E-state index contributed by atoms with van der Waals surface area (Å²) < 4.78 is 26.9. The van der Waals surface area contributed by atoms with E-state index < -0.39 is 11.6 Å². The molecule has 0 saturated heterocycles. The van der Waals surface area contributed by atoms with Crippen LogP contribution in [0.3, 0.4) is 0 Å². The third kappa shape index (κ3) is 1.97. The third-order valence-electron chi connectivity index (χ3n) is 3.57. The van der Waals surface area contributed by atoms with Crippen molar-refractivity contribution >= 4 is 22.5 Å². The van der Waals surface area contributed by atoms with E-state index in [4.69, 9.17) is 11.6 Å². The molecule has 18 heavy (non-hydrogen) atoms. The first-order valence-electron chi connectivity index (χ1n) is 6.10. The molecular formula is C14H12ClF2N. The summed E-state index contributed by atoms with van der Waals surface area (Å²) in [5, 5.41) is 0.527. The molecular weight excluding hydrogens is 256 g/mol. The van der Waals surface area contributed by atoms with E-state index >= 15 is 0 Å². The highest BCUT2D eigenvalue weighted by Crippen LogP contribution is 2.36. The molecule has 0 unspecified atom stereocenters. The maximum Gasteiger partial charge on any atom is 0.137 e. The summed E-state index contributed by atoms with van der Waals surface area (Å²) in [7, 11) is 0. The molecule has 3 rings (SSSR count). The van der Waals surface area contributed by atoms with Gasteiger partial charge in [-0.15, -0.1) is 0 Å². The van der Waals surface area contributed by atoms with E-state index in [1.165, 1.54) is 18.9 Å². The highest BCUT2D eigenvalue weighted by atomic mass is 35.5. The molecule has 1 aromatic carbocycles. The zero-order chi connectivity index (χ0) is 12.7. The van der Waals surface area contributed by atoms with E-state index in [1.807, 2.05) is 0 Å². The molecule has 1 aliphatic carbocycles. The largest absolute Gasteiger partial charge is 0.252 e. The van der Waals surface area contributed by atoms with Crippen molar-refractivity contribution in [3.05, 3.63) is 40.6 Å². The maximum atomic E-state index is 13.7. The van der Waals surface area contributed by atoms with Crippen LogP contribution in [-0.4, -0.2) is 4.98 Å². The van der Waals surface area contributed by atoms with Gasteiger partial charge in [-0.2, -0.15) is 0 Å². The summed E-state index contributed by atoms with van der Waals surface area (Å²) in [6, 6.07) is 3.80. The van der Waals surface area contributed by atoms with E-state index in [2.05, 4.69) is 4.98 Å². The van der Waals surface area contributed by atoms with E-state index in [9.17, 15) is 8.78 Å². The SMILES string of the molecule is Fc1cc(F)c2c(Cl)cc(C3CCCC3)nc2c1. The Labute approximate surface area is 109 Å². The highest BCUT2D eigenvalue weighted by molar-refractivity contribution is 6.35. The predicted octanol–water partition coefficient (Wildman–Crippen LogP) is 4.82. The van der Waals surface area contributed by atoms with Crippen LogP contribution in [0, 0.1) is 11.6 Å². The summed E-state index contributed by atoms with van der Waals surface area (Å²) >= 11 is 6.10. The fraction of sp³-hybridized carbons (Fsp3) is 0.357. The summed E-state index contributed by atoms with van der Waals surface area (Å²) in [4.78, 5) is 4.38. The number of rotatable bonds is 1. The summed E-state index contributed by atoms with van der Waals surface area (Å²) in [6.45, 7) is 0. The van der Waals surface area contributed by atoms with Crippen LogP contribution in [0.2, 0.25) is 5.02 Å². The van der Waals surface area contributed by atoms with E-state index in [0.29, 0.717) is 16.5 Å². The molecule has 1 aromatic heterocycles. The van der Waals surface area contributed by atoms with Crippen molar-refractivity contribution < 1.29 is 8.78 Å². The van der Waals surface area contributed by atoms with Crippen LogP contribution in [-0.2, 0) is 0 Å². The molecule has 1 nitrogen and oxygen atoms in total. The Morgan fingerprint density at radius 2 is 1.83 bits per heavy atom. The number of nitrogens with zero attached hydrogens (tertiary/aromatic N) is 1. The van der Waals surface area contributed by atoms with Gasteiger partial charge in [0.2, 0.25) is 0 Å². The van der Waals surface area contributed by atoms with Crippen LogP contribution in [0.5, 0.6) is 0 Å². The van der Waals surface area contributed by atoms with Gasteiger partial charge in [-0.1, -0.05) is 24.4 Å². The normalized spacial score (nSPS) is 16.6. The predicted molar refractivity (Wildman–Crippen MR) is 67.9 cm³/mol. The van der Waals surface area contributed by atoms with Gasteiger partial charge in [-0.05, 0) is 18.9 Å². The van der Waals surface area contributed by atoms with Gasteiger partial charge in [0.1, 0.15) is 11.6 Å². The van der Waals surface area contributed by atoms with Crippen LogP contribution >= 0.6 is 11.6 Å². The van der Waals surface area contributed by atoms with Crippen LogP contribution in [0.4, 0.5) is 8.78 Å². The van der Waals surface area contributed by atoms with Gasteiger partial charge in [0.25, 0.3) is 0 Å². The Balaban J connectivity index is 2.19. The molecule has 0 N–H and O–H groups in total. The smallest absolute Gasteiger partial charge is 0.137 e. The van der Waals surface area contributed by atoms with Gasteiger partial charge < -0.3 is 0 Å². The minimum absolute atomic E-state index is 0.208. The Morgan fingerprint density at radius 1 is 1.11 bits per heavy atom. The number of halogens is 3. The first kappa shape index (κ1) is 11.8. The second kappa shape index (κ2) is 4.47. The molecule has 0 amide bonds. The van der Waals surface area contributed by atoms with Crippen molar-refractivity contribution in [2.45, 2.75) is 31.6 Å². The molecule has 0 atom stereocenters. The molecule has 94 valence electrons. The van der Waals surface area contributed by atoms with Gasteiger partial charge in [-0.25, -0.2) is 8.78 Å². The Hall–Kier alpha value is -1.22. The zero-order valence-electron chi connectivity index (χ0n) is 9.72. The minimum atomic E-state index is -0.652. The molecule has 1 saturated carbocycles. The Bertz CT molecular complexity index is 606. The number of hydrogen-bond donors (Lipinski definition) is 0. The fourth-order valence-electron chi connectivity index (χ4n) is 2.69. The fourth-order valence-corrected chi connectivity index (χ4v) is 2.99. The Kier molecular flexibility index (Phi) is 2.94. The van der Waals surface area contributed by atoms with Crippen LogP contribution < -0.4 is 0 Å². The highest BCUT2D eigenvalue weighted by Gasteiger charge is 2.20. The molecule has 0 spiro atoms. The lowest BCUT2D eigenvalue weighted by Crippen LogP contribution is -1.98. The maximum absolute atomic E-state index is 13.7.